The van der Waals surface area contributed by atoms with Crippen molar-refractivity contribution in [1.29, 1.82) is 0 Å². The molecule has 0 spiro atoms. The van der Waals surface area contributed by atoms with Crippen LogP contribution >= 0.6 is 11.3 Å². The second-order valence-corrected chi connectivity index (χ2v) is 15.4. The van der Waals surface area contributed by atoms with Crippen molar-refractivity contribution in [3.05, 3.63) is 182 Å². The fourth-order valence-electron chi connectivity index (χ4n) is 9.03. The topological polar surface area (TPSA) is 13.1 Å². The summed E-state index contributed by atoms with van der Waals surface area (Å²) in [7, 11) is 0. The third-order valence-electron chi connectivity index (χ3n) is 11.4. The molecule has 2 aromatic heterocycles. The number of hydrogen-bond donors (Lipinski definition) is 0. The van der Waals surface area contributed by atoms with E-state index in [0.29, 0.717) is 0 Å². The normalized spacial score (nSPS) is 12.1. The molecule has 0 N–H and O–H groups in total. The minimum atomic E-state index is 0.906. The fourth-order valence-corrected chi connectivity index (χ4v) is 10.2. The van der Waals surface area contributed by atoms with Gasteiger partial charge in [0.2, 0.25) is 0 Å². The first-order valence-electron chi connectivity index (χ1n) is 18.5. The van der Waals surface area contributed by atoms with Crippen molar-refractivity contribution in [3.8, 4) is 33.4 Å². The molecule has 0 unspecified atom stereocenters. The summed E-state index contributed by atoms with van der Waals surface area (Å²) in [6, 6.07) is 66.9. The number of fused-ring (bicyclic) bond motifs is 11. The maximum absolute atomic E-state index is 6.48. The minimum absolute atomic E-state index is 0.906. The lowest BCUT2D eigenvalue weighted by Crippen LogP contribution is -1.92. The number of hydrogen-bond acceptors (Lipinski definition) is 2. The summed E-state index contributed by atoms with van der Waals surface area (Å²) in [5.74, 6) is 0. The van der Waals surface area contributed by atoms with Gasteiger partial charge < -0.3 is 4.42 Å². The number of rotatable bonds is 3. The molecule has 0 radical (unpaired) electrons. The van der Waals surface area contributed by atoms with Gasteiger partial charge in [-0.05, 0) is 113 Å². The minimum Gasteiger partial charge on any atom is -0.456 e. The van der Waals surface area contributed by atoms with Crippen LogP contribution in [0.3, 0.4) is 0 Å². The average Bonchev–Trinajstić information content (AvgIpc) is 3.80. The van der Waals surface area contributed by atoms with Gasteiger partial charge in [-0.1, -0.05) is 146 Å². The quantitative estimate of drug-likeness (QED) is 0.167. The Balaban J connectivity index is 1.20. The van der Waals surface area contributed by atoms with Crippen LogP contribution in [0.25, 0.3) is 119 Å². The van der Waals surface area contributed by atoms with Crippen LogP contribution in [0, 0.1) is 0 Å². The SMILES string of the molecule is c1ccc2c(-c3ccc4c(-c5ccc6c(c5)sc5ccccc56)c5ccccc5c(-c5ccc6oc7ccc8ccccc8c7c6c5)c4c3)cccc2c1. The van der Waals surface area contributed by atoms with Gasteiger partial charge in [0.05, 0.1) is 0 Å². The predicted molar refractivity (Wildman–Crippen MR) is 233 cm³/mol. The second-order valence-electron chi connectivity index (χ2n) is 14.4. The Kier molecular flexibility index (Phi) is 6.28. The second kappa shape index (κ2) is 11.4. The highest BCUT2D eigenvalue weighted by atomic mass is 32.1. The van der Waals surface area contributed by atoms with Crippen LogP contribution in [-0.4, -0.2) is 0 Å². The summed E-state index contributed by atoms with van der Waals surface area (Å²) in [5, 5.41) is 14.9. The molecule has 0 bridgehead atoms. The van der Waals surface area contributed by atoms with E-state index in [1.807, 2.05) is 11.3 Å². The molecule has 0 atom stereocenters. The lowest BCUT2D eigenvalue weighted by atomic mass is 9.84. The summed E-state index contributed by atoms with van der Waals surface area (Å²) < 4.78 is 9.11. The highest BCUT2D eigenvalue weighted by molar-refractivity contribution is 7.25. The smallest absolute Gasteiger partial charge is 0.136 e. The van der Waals surface area contributed by atoms with Gasteiger partial charge in [0.1, 0.15) is 11.2 Å². The zero-order chi connectivity index (χ0) is 35.3. The van der Waals surface area contributed by atoms with Crippen molar-refractivity contribution in [2.45, 2.75) is 0 Å². The molecule has 2 heteroatoms. The molecule has 54 heavy (non-hydrogen) atoms. The van der Waals surface area contributed by atoms with E-state index >= 15 is 0 Å². The molecule has 2 heterocycles. The maximum Gasteiger partial charge on any atom is 0.136 e. The Morgan fingerprint density at radius 3 is 1.72 bits per heavy atom. The molecule has 0 aliphatic heterocycles. The number of benzene rings is 10. The molecular weight excluding hydrogens is 673 g/mol. The lowest BCUT2D eigenvalue weighted by Gasteiger charge is -2.19. The van der Waals surface area contributed by atoms with Gasteiger partial charge in [0.25, 0.3) is 0 Å². The zero-order valence-corrected chi connectivity index (χ0v) is 30.0. The highest BCUT2D eigenvalue weighted by Crippen LogP contribution is 2.48. The third kappa shape index (κ3) is 4.32. The van der Waals surface area contributed by atoms with Crippen molar-refractivity contribution < 1.29 is 4.42 Å². The summed E-state index contributed by atoms with van der Waals surface area (Å²) >= 11 is 1.88. The maximum atomic E-state index is 6.48. The average molecular weight is 703 g/mol. The van der Waals surface area contributed by atoms with Gasteiger partial charge in [-0.15, -0.1) is 11.3 Å². The standard InChI is InChI=1S/C52H30OS/c1-3-13-36-31(10-1)12-9-18-37(36)33-20-25-43-44(28-33)51(34-23-26-46-45(29-34)52-38-14-4-2-11-32(38)22-27-47(52)53-46)42-17-6-5-16-41(42)50(43)35-21-24-40-39-15-7-8-19-48(39)54-49(40)30-35/h1-30H. The molecule has 0 aliphatic rings. The first-order chi connectivity index (χ1) is 26.8. The van der Waals surface area contributed by atoms with Gasteiger partial charge >= 0.3 is 0 Å². The van der Waals surface area contributed by atoms with Crippen LogP contribution in [-0.2, 0) is 0 Å². The molecule has 12 aromatic rings. The molecule has 250 valence electrons. The van der Waals surface area contributed by atoms with Crippen molar-refractivity contribution in [1.82, 2.24) is 0 Å². The van der Waals surface area contributed by atoms with Gasteiger partial charge in [0.15, 0.2) is 0 Å². The van der Waals surface area contributed by atoms with Gasteiger partial charge in [0, 0.05) is 30.9 Å². The van der Waals surface area contributed by atoms with Crippen LogP contribution in [0.15, 0.2) is 186 Å². The predicted octanol–water partition coefficient (Wildman–Crippen LogP) is 15.6. The Bertz CT molecular complexity index is 3500. The molecule has 10 aromatic carbocycles. The van der Waals surface area contributed by atoms with Gasteiger partial charge in [-0.25, -0.2) is 0 Å². The Morgan fingerprint density at radius 1 is 0.315 bits per heavy atom. The van der Waals surface area contributed by atoms with E-state index in [0.717, 1.165) is 16.6 Å². The molecule has 0 saturated heterocycles. The number of thiophene rings is 1. The van der Waals surface area contributed by atoms with Crippen LogP contribution in [0.4, 0.5) is 0 Å². The Morgan fingerprint density at radius 2 is 0.870 bits per heavy atom. The van der Waals surface area contributed by atoms with E-state index in [2.05, 4.69) is 182 Å². The van der Waals surface area contributed by atoms with Gasteiger partial charge in [-0.2, -0.15) is 0 Å². The summed E-state index contributed by atoms with van der Waals surface area (Å²) in [6.45, 7) is 0. The molecule has 0 amide bonds. The van der Waals surface area contributed by atoms with Crippen molar-refractivity contribution in [2.75, 3.05) is 0 Å². The Hall–Kier alpha value is -6.74. The Labute approximate surface area is 314 Å². The summed E-state index contributed by atoms with van der Waals surface area (Å²) in [4.78, 5) is 0. The van der Waals surface area contributed by atoms with Crippen molar-refractivity contribution in [2.24, 2.45) is 0 Å². The van der Waals surface area contributed by atoms with Crippen LogP contribution in [0.1, 0.15) is 0 Å². The summed E-state index contributed by atoms with van der Waals surface area (Å²) in [5.41, 5.74) is 9.21. The van der Waals surface area contributed by atoms with Crippen molar-refractivity contribution in [3.63, 3.8) is 0 Å². The number of furan rings is 1. The summed E-state index contributed by atoms with van der Waals surface area (Å²) in [6.07, 6.45) is 0. The third-order valence-corrected chi connectivity index (χ3v) is 12.6. The van der Waals surface area contributed by atoms with E-state index in [1.165, 1.54) is 102 Å². The van der Waals surface area contributed by atoms with Crippen LogP contribution in [0.2, 0.25) is 0 Å². The van der Waals surface area contributed by atoms with E-state index < -0.39 is 0 Å². The largest absolute Gasteiger partial charge is 0.456 e. The molecular formula is C52H30OS. The van der Waals surface area contributed by atoms with Crippen LogP contribution < -0.4 is 0 Å². The van der Waals surface area contributed by atoms with Gasteiger partial charge in [-0.3, -0.25) is 0 Å². The molecule has 1 nitrogen and oxygen atoms in total. The highest BCUT2D eigenvalue weighted by Gasteiger charge is 2.20. The first-order valence-corrected chi connectivity index (χ1v) is 19.3. The van der Waals surface area contributed by atoms with E-state index in [4.69, 9.17) is 4.42 Å². The monoisotopic (exact) mass is 702 g/mol. The van der Waals surface area contributed by atoms with E-state index in [-0.39, 0.29) is 0 Å². The lowest BCUT2D eigenvalue weighted by molar-refractivity contribution is 0.669. The van der Waals surface area contributed by atoms with Crippen LogP contribution in [0.5, 0.6) is 0 Å². The van der Waals surface area contributed by atoms with Crippen molar-refractivity contribution >= 4 is 96.5 Å². The first kappa shape index (κ1) is 29.8. The molecule has 0 saturated carbocycles. The fraction of sp³-hybridized carbons (Fsp3) is 0. The molecule has 12 rings (SSSR count). The molecule has 0 fully saturated rings. The van der Waals surface area contributed by atoms with E-state index in [9.17, 15) is 0 Å². The zero-order valence-electron chi connectivity index (χ0n) is 29.1. The van der Waals surface area contributed by atoms with E-state index in [1.54, 1.807) is 0 Å². The molecule has 0 aliphatic carbocycles.